The lowest BCUT2D eigenvalue weighted by molar-refractivity contribution is -0.161. The van der Waals surface area contributed by atoms with Crippen molar-refractivity contribution in [1.29, 1.82) is 0 Å². The minimum atomic E-state index is -1.83. The molecule has 268 valence electrons. The van der Waals surface area contributed by atoms with Gasteiger partial charge < -0.3 is 52.3 Å². The molecule has 0 radical (unpaired) electrons. The summed E-state index contributed by atoms with van der Waals surface area (Å²) < 4.78 is -1.62. The number of thiazole rings is 1. The van der Waals surface area contributed by atoms with E-state index < -0.39 is 84.7 Å². The van der Waals surface area contributed by atoms with E-state index in [0.29, 0.717) is 0 Å². The van der Waals surface area contributed by atoms with Gasteiger partial charge in [-0.15, -0.1) is 34.9 Å². The molecule has 24 heteroatoms. The van der Waals surface area contributed by atoms with Crippen molar-refractivity contribution in [2.45, 2.75) is 34.9 Å². The number of halogens is 1. The number of hydrogen-bond donors (Lipinski definition) is 9. The summed E-state index contributed by atoms with van der Waals surface area (Å²) in [6, 6.07) is -0.119. The summed E-state index contributed by atoms with van der Waals surface area (Å²) in [5.41, 5.74) is 9.59. The number of oxime groups is 1. The topological polar surface area (TPSA) is 322 Å². The van der Waals surface area contributed by atoms with Gasteiger partial charge in [0.25, 0.3) is 11.8 Å². The molecule has 0 aliphatic carbocycles. The van der Waals surface area contributed by atoms with Crippen LogP contribution in [0.15, 0.2) is 27.8 Å². The highest BCUT2D eigenvalue weighted by Gasteiger charge is 2.62. The lowest BCUT2D eigenvalue weighted by atomic mass is 10.1. The van der Waals surface area contributed by atoms with Crippen LogP contribution in [-0.4, -0.2) is 117 Å². The van der Waals surface area contributed by atoms with Crippen molar-refractivity contribution >= 4 is 98.7 Å². The zero-order valence-corrected chi connectivity index (χ0v) is 28.9. The highest BCUT2D eigenvalue weighted by atomic mass is 35.5. The summed E-state index contributed by atoms with van der Waals surface area (Å²) in [5.74, 6) is -6.45. The van der Waals surface area contributed by atoms with Crippen molar-refractivity contribution in [1.82, 2.24) is 25.9 Å². The number of benzene rings is 1. The molecular formula is C26H28ClN9O11S3. The number of aromatic nitrogens is 1. The molecule has 3 atom stereocenters. The molecule has 0 unspecified atom stereocenters. The van der Waals surface area contributed by atoms with E-state index in [1.165, 1.54) is 24.1 Å². The molecule has 5 amide bonds. The first-order valence-electron chi connectivity index (χ1n) is 13.9. The second-order valence-corrected chi connectivity index (χ2v) is 15.1. The number of nitrogen functional groups attached to an aromatic ring is 1. The van der Waals surface area contributed by atoms with Crippen molar-refractivity contribution in [2.75, 3.05) is 24.6 Å². The molecule has 4 rings (SSSR count). The number of phenols is 2. The molecule has 20 nitrogen and oxygen atoms in total. The van der Waals surface area contributed by atoms with Gasteiger partial charge >= 0.3 is 18.0 Å². The number of β-lactam (4-membered cyclic amide) rings is 1. The number of phenolic OH excluding ortho intramolecular Hbond substituents is 2. The van der Waals surface area contributed by atoms with Gasteiger partial charge in [-0.3, -0.25) is 14.4 Å². The van der Waals surface area contributed by atoms with Gasteiger partial charge in [0.2, 0.25) is 11.5 Å². The minimum absolute atomic E-state index is 0.0132. The van der Waals surface area contributed by atoms with Gasteiger partial charge in [-0.25, -0.2) is 24.8 Å². The summed E-state index contributed by atoms with van der Waals surface area (Å²) in [7, 11) is 0. The maximum absolute atomic E-state index is 13.3. The Bertz CT molecular complexity index is 1820. The number of thioether (sulfide) groups is 2. The first kappa shape index (κ1) is 37.8. The average molecular weight is 774 g/mol. The third-order valence-corrected chi connectivity index (χ3v) is 11.2. The lowest BCUT2D eigenvalue weighted by Crippen LogP contribution is -2.68. The molecule has 2 fully saturated rings. The van der Waals surface area contributed by atoms with Crippen LogP contribution in [0.25, 0.3) is 0 Å². The minimum Gasteiger partial charge on any atom is -0.504 e. The van der Waals surface area contributed by atoms with E-state index in [0.717, 1.165) is 47.0 Å². The number of nitrogens with two attached hydrogens (primary N) is 2. The van der Waals surface area contributed by atoms with Gasteiger partial charge in [-0.05, 0) is 26.0 Å². The van der Waals surface area contributed by atoms with E-state index in [9.17, 15) is 49.2 Å². The number of urea groups is 1. The highest BCUT2D eigenvalue weighted by Crippen LogP contribution is 2.52. The smallest absolute Gasteiger partial charge is 0.350 e. The van der Waals surface area contributed by atoms with Crippen LogP contribution in [-0.2, 0) is 28.8 Å². The fourth-order valence-electron chi connectivity index (χ4n) is 4.23. The fourth-order valence-corrected chi connectivity index (χ4v) is 8.06. The number of carbonyl (C=O) groups is 6. The number of hydrazone groups is 1. The Hall–Kier alpha value is -5.00. The number of primary amides is 1. The van der Waals surface area contributed by atoms with E-state index in [1.54, 1.807) is 0 Å². The standard InChI is InChI=1S/C26H28ClN9O11S3/c1-25(2,21(42)43)47-35-14(10-7-48-24(29)31-10)18(40)32-15-19(41)36-8-26(22(44)45,50-20(15)36)49-6-5-30-17(39)13(33-34-23(28)46)9-3-4-11(37)16(38)12(9)27/h3-4,7,15,20,37-38H,5-6,8H2,1-2H3,(H2,29,31)(H,30,39)(H,32,40)(H,42,43)(H,44,45)(H3,28,34,46)/b33-13-,35-14-/t15-,20-,26-/m1/s1. The maximum atomic E-state index is 13.3. The van der Waals surface area contributed by atoms with Gasteiger partial charge in [0.1, 0.15) is 17.1 Å². The largest absolute Gasteiger partial charge is 0.504 e. The molecule has 0 spiro atoms. The second kappa shape index (κ2) is 14.9. The monoisotopic (exact) mass is 773 g/mol. The first-order chi connectivity index (χ1) is 23.4. The predicted octanol–water partition coefficient (Wildman–Crippen LogP) is -0.523. The quantitative estimate of drug-likeness (QED) is 0.0383. The van der Waals surface area contributed by atoms with Crippen LogP contribution < -0.4 is 27.5 Å². The van der Waals surface area contributed by atoms with Crippen molar-refractivity contribution in [3.8, 4) is 11.5 Å². The molecule has 1 aromatic heterocycles. The number of aliphatic carboxylic acids is 2. The molecule has 0 bridgehead atoms. The SMILES string of the molecule is CC(C)(O/N=C(\C(=O)N[C@@H]1C(=O)N2C[C@](SCCNC(=O)/C(=N\NC(N)=O)c3ccc(O)c(O)c3Cl)(C(=O)O)S[C@H]12)c1csc(N)n1)C(=O)O. The Balaban J connectivity index is 1.43. The van der Waals surface area contributed by atoms with Crippen LogP contribution in [0.1, 0.15) is 25.1 Å². The average Bonchev–Trinajstić information content (AvgIpc) is 3.64. The summed E-state index contributed by atoms with van der Waals surface area (Å²) >= 11 is 8.80. The van der Waals surface area contributed by atoms with Crippen LogP contribution in [0, 0.1) is 0 Å². The number of nitrogens with one attached hydrogen (secondary N) is 3. The summed E-state index contributed by atoms with van der Waals surface area (Å²) in [6.07, 6.45) is 0. The number of amides is 5. The van der Waals surface area contributed by atoms with Gasteiger partial charge in [-0.2, -0.15) is 5.10 Å². The van der Waals surface area contributed by atoms with E-state index in [1.807, 2.05) is 5.43 Å². The zero-order valence-electron chi connectivity index (χ0n) is 25.7. The summed E-state index contributed by atoms with van der Waals surface area (Å²) in [6.45, 7) is 1.99. The highest BCUT2D eigenvalue weighted by molar-refractivity contribution is 8.20. The second-order valence-electron chi connectivity index (χ2n) is 10.7. The van der Waals surface area contributed by atoms with Crippen LogP contribution in [0.4, 0.5) is 9.93 Å². The Morgan fingerprint density at radius 3 is 2.50 bits per heavy atom. The maximum Gasteiger partial charge on any atom is 0.350 e. The first-order valence-corrected chi connectivity index (χ1v) is 17.0. The summed E-state index contributed by atoms with van der Waals surface area (Å²) in [4.78, 5) is 84.8. The third-order valence-electron chi connectivity index (χ3n) is 6.87. The molecule has 2 aromatic rings. The number of fused-ring (bicyclic) bond motifs is 1. The van der Waals surface area contributed by atoms with Crippen LogP contribution >= 0.6 is 46.5 Å². The van der Waals surface area contributed by atoms with Crippen LogP contribution in [0.3, 0.4) is 0 Å². The normalized spacial score (nSPS) is 20.4. The van der Waals surface area contributed by atoms with Gasteiger partial charge in [0.15, 0.2) is 32.1 Å². The third kappa shape index (κ3) is 7.90. The van der Waals surface area contributed by atoms with Gasteiger partial charge in [0, 0.05) is 23.2 Å². The van der Waals surface area contributed by atoms with E-state index >= 15 is 0 Å². The predicted molar refractivity (Wildman–Crippen MR) is 181 cm³/mol. The molecule has 0 saturated carbocycles. The Kier molecular flexibility index (Phi) is 11.2. The molecule has 50 heavy (non-hydrogen) atoms. The lowest BCUT2D eigenvalue weighted by Gasteiger charge is -2.41. The molecule has 2 saturated heterocycles. The molecule has 1 aromatic carbocycles. The molecular weight excluding hydrogens is 746 g/mol. The van der Waals surface area contributed by atoms with E-state index in [-0.39, 0.29) is 35.2 Å². The number of rotatable bonds is 14. The summed E-state index contributed by atoms with van der Waals surface area (Å²) in [5, 5.41) is 51.6. The van der Waals surface area contributed by atoms with Gasteiger partial charge in [0.05, 0.1) is 11.6 Å². The van der Waals surface area contributed by atoms with Crippen molar-refractivity contribution in [3.05, 3.63) is 33.8 Å². The number of carbonyl (C=O) groups excluding carboxylic acids is 4. The van der Waals surface area contributed by atoms with E-state index in [4.69, 9.17) is 27.9 Å². The number of anilines is 1. The Labute approximate surface area is 298 Å². The van der Waals surface area contributed by atoms with Crippen molar-refractivity contribution in [2.24, 2.45) is 16.0 Å². The Morgan fingerprint density at radius 2 is 1.90 bits per heavy atom. The molecule has 2 aliphatic heterocycles. The molecule has 2 aliphatic rings. The molecule has 3 heterocycles. The number of carboxylic acids is 2. The van der Waals surface area contributed by atoms with E-state index in [2.05, 4.69) is 25.9 Å². The van der Waals surface area contributed by atoms with Crippen molar-refractivity contribution in [3.63, 3.8) is 0 Å². The van der Waals surface area contributed by atoms with Crippen molar-refractivity contribution < 1.29 is 54.0 Å². The zero-order chi connectivity index (χ0) is 37.1. The van der Waals surface area contributed by atoms with Crippen LogP contribution in [0.5, 0.6) is 11.5 Å². The number of hydrogen-bond acceptors (Lipinski definition) is 16. The van der Waals surface area contributed by atoms with Gasteiger partial charge in [-0.1, -0.05) is 16.8 Å². The Morgan fingerprint density at radius 1 is 1.20 bits per heavy atom. The number of carboxylic acid groups (broad SMARTS) is 2. The van der Waals surface area contributed by atoms with Crippen LogP contribution in [0.2, 0.25) is 5.02 Å². The molecule has 11 N–H and O–H groups in total. The fraction of sp³-hybridized carbons (Fsp3) is 0.346. The number of nitrogens with zero attached hydrogens (tertiary/aromatic N) is 4. The number of aromatic hydroxyl groups is 2.